The molecule has 0 saturated carbocycles. The number of para-hydroxylation sites is 1. The van der Waals surface area contributed by atoms with Crippen LogP contribution in [0.5, 0.6) is 0 Å². The van der Waals surface area contributed by atoms with Gasteiger partial charge in [0.15, 0.2) is 5.71 Å². The smallest absolute Gasteiger partial charge is 0.279 e. The number of hydrogen-bond acceptors (Lipinski definition) is 5. The number of fused-ring (bicyclic) bond motifs is 1. The molecule has 0 radical (unpaired) electrons. The molecule has 2 aromatic carbocycles. The minimum Gasteiger partial charge on any atom is -0.302 e. The summed E-state index contributed by atoms with van der Waals surface area (Å²) in [5, 5.41) is 11.2. The number of carbonyl (C=O) groups excluding carboxylic acids is 1. The summed E-state index contributed by atoms with van der Waals surface area (Å²) >= 11 is 1.55. The van der Waals surface area contributed by atoms with Gasteiger partial charge in [-0.05, 0) is 18.6 Å². The fraction of sp³-hybridized carbons (Fsp3) is 0.100. The van der Waals surface area contributed by atoms with Crippen LogP contribution in [0.25, 0.3) is 0 Å². The predicted molar refractivity (Wildman–Crippen MR) is 105 cm³/mol. The molecule has 0 fully saturated rings. The van der Waals surface area contributed by atoms with Crippen LogP contribution in [0.15, 0.2) is 70.2 Å². The van der Waals surface area contributed by atoms with Crippen molar-refractivity contribution >= 4 is 34.9 Å². The zero-order valence-corrected chi connectivity index (χ0v) is 15.0. The van der Waals surface area contributed by atoms with Crippen molar-refractivity contribution in [1.82, 2.24) is 4.98 Å². The summed E-state index contributed by atoms with van der Waals surface area (Å²) in [6.45, 7) is 2.44. The average Bonchev–Trinajstić information content (AvgIpc) is 3.19. The predicted octanol–water partition coefficient (Wildman–Crippen LogP) is 3.82. The van der Waals surface area contributed by atoms with Gasteiger partial charge in [0, 0.05) is 10.9 Å². The SMILES string of the molecule is Cc1nc(/C=N\N=C2\C(=O)N(Cc3ccccc3)c3ccccc32)cs1. The van der Waals surface area contributed by atoms with E-state index in [-0.39, 0.29) is 5.91 Å². The summed E-state index contributed by atoms with van der Waals surface area (Å²) in [6, 6.07) is 17.6. The average molecular weight is 360 g/mol. The molecule has 0 aliphatic carbocycles. The van der Waals surface area contributed by atoms with Crippen molar-refractivity contribution in [3.63, 3.8) is 0 Å². The van der Waals surface area contributed by atoms with Gasteiger partial charge in [0.05, 0.1) is 29.1 Å². The van der Waals surface area contributed by atoms with E-state index in [4.69, 9.17) is 0 Å². The van der Waals surface area contributed by atoms with Crippen molar-refractivity contribution in [1.29, 1.82) is 0 Å². The Morgan fingerprint density at radius 1 is 1.12 bits per heavy atom. The van der Waals surface area contributed by atoms with Gasteiger partial charge in [-0.25, -0.2) is 4.98 Å². The van der Waals surface area contributed by atoms with Crippen LogP contribution < -0.4 is 4.90 Å². The van der Waals surface area contributed by atoms with Gasteiger partial charge in [0.25, 0.3) is 5.91 Å². The van der Waals surface area contributed by atoms with Gasteiger partial charge >= 0.3 is 0 Å². The van der Waals surface area contributed by atoms with Crippen LogP contribution in [0.1, 0.15) is 21.8 Å². The maximum absolute atomic E-state index is 12.9. The third kappa shape index (κ3) is 3.19. The standard InChI is InChI=1S/C20H16N4OS/c1-14-22-16(13-26-14)11-21-23-19-17-9-5-6-10-18(17)24(20(19)25)12-15-7-3-2-4-8-15/h2-11,13H,12H2,1H3/b21-11-,23-19+. The van der Waals surface area contributed by atoms with Gasteiger partial charge < -0.3 is 4.90 Å². The van der Waals surface area contributed by atoms with Gasteiger partial charge in [0.1, 0.15) is 0 Å². The fourth-order valence-electron chi connectivity index (χ4n) is 2.87. The molecule has 1 aromatic heterocycles. The number of rotatable bonds is 4. The highest BCUT2D eigenvalue weighted by molar-refractivity contribution is 7.09. The first-order chi connectivity index (χ1) is 12.7. The minimum absolute atomic E-state index is 0.137. The molecule has 0 saturated heterocycles. The first-order valence-electron chi connectivity index (χ1n) is 8.21. The topological polar surface area (TPSA) is 57.9 Å². The maximum atomic E-state index is 12.9. The zero-order chi connectivity index (χ0) is 17.9. The van der Waals surface area contributed by atoms with E-state index >= 15 is 0 Å². The van der Waals surface area contributed by atoms with Crippen LogP contribution in [0.3, 0.4) is 0 Å². The van der Waals surface area contributed by atoms with E-state index in [1.165, 1.54) is 0 Å². The Labute approximate surface area is 155 Å². The third-order valence-electron chi connectivity index (χ3n) is 4.07. The van der Waals surface area contributed by atoms with E-state index in [0.717, 1.165) is 27.5 Å². The van der Waals surface area contributed by atoms with Crippen LogP contribution in [0, 0.1) is 6.92 Å². The molecule has 2 heterocycles. The number of nitrogens with zero attached hydrogens (tertiary/aromatic N) is 4. The highest BCUT2D eigenvalue weighted by Crippen LogP contribution is 2.30. The maximum Gasteiger partial charge on any atom is 0.279 e. The van der Waals surface area contributed by atoms with Crippen LogP contribution in [-0.2, 0) is 11.3 Å². The normalized spacial score (nSPS) is 15.2. The first kappa shape index (κ1) is 16.4. The van der Waals surface area contributed by atoms with Crippen LogP contribution in [-0.4, -0.2) is 22.8 Å². The quantitative estimate of drug-likeness (QED) is 0.524. The van der Waals surface area contributed by atoms with Gasteiger partial charge in [-0.2, -0.15) is 5.10 Å². The lowest BCUT2D eigenvalue weighted by Gasteiger charge is -2.16. The van der Waals surface area contributed by atoms with E-state index in [1.807, 2.05) is 66.9 Å². The molecule has 1 amide bonds. The summed E-state index contributed by atoms with van der Waals surface area (Å²) in [5.74, 6) is -0.137. The van der Waals surface area contributed by atoms with Crippen molar-refractivity contribution in [3.8, 4) is 0 Å². The fourth-order valence-corrected chi connectivity index (χ4v) is 3.43. The van der Waals surface area contributed by atoms with E-state index in [1.54, 1.807) is 22.5 Å². The monoisotopic (exact) mass is 360 g/mol. The second-order valence-electron chi connectivity index (χ2n) is 5.88. The van der Waals surface area contributed by atoms with Crippen LogP contribution in [0.2, 0.25) is 0 Å². The minimum atomic E-state index is -0.137. The first-order valence-corrected chi connectivity index (χ1v) is 9.09. The molecule has 0 bridgehead atoms. The molecule has 0 N–H and O–H groups in total. The van der Waals surface area contributed by atoms with E-state index < -0.39 is 0 Å². The van der Waals surface area contributed by atoms with E-state index in [9.17, 15) is 4.79 Å². The largest absolute Gasteiger partial charge is 0.302 e. The summed E-state index contributed by atoms with van der Waals surface area (Å²) in [7, 11) is 0. The summed E-state index contributed by atoms with van der Waals surface area (Å²) < 4.78 is 0. The lowest BCUT2D eigenvalue weighted by atomic mass is 10.1. The molecule has 128 valence electrons. The molecule has 4 rings (SSSR count). The summed E-state index contributed by atoms with van der Waals surface area (Å²) in [5.41, 5.74) is 3.84. The molecule has 0 unspecified atom stereocenters. The van der Waals surface area contributed by atoms with E-state index in [2.05, 4.69) is 15.2 Å². The van der Waals surface area contributed by atoms with Crippen molar-refractivity contribution in [2.45, 2.75) is 13.5 Å². The lowest BCUT2D eigenvalue weighted by molar-refractivity contribution is -0.112. The molecule has 1 aliphatic rings. The van der Waals surface area contributed by atoms with Crippen molar-refractivity contribution in [2.75, 3.05) is 4.90 Å². The Morgan fingerprint density at radius 3 is 2.65 bits per heavy atom. The summed E-state index contributed by atoms with van der Waals surface area (Å²) in [6.07, 6.45) is 1.58. The molecule has 1 aliphatic heterocycles. The molecule has 5 nitrogen and oxygen atoms in total. The Morgan fingerprint density at radius 2 is 1.88 bits per heavy atom. The van der Waals surface area contributed by atoms with Crippen LogP contribution >= 0.6 is 11.3 Å². The second-order valence-corrected chi connectivity index (χ2v) is 6.94. The lowest BCUT2D eigenvalue weighted by Crippen LogP contribution is -2.29. The number of thiazole rings is 1. The Hall–Kier alpha value is -3.12. The molecule has 6 heteroatoms. The highest BCUT2D eigenvalue weighted by Gasteiger charge is 2.33. The molecular weight excluding hydrogens is 344 g/mol. The van der Waals surface area contributed by atoms with E-state index in [0.29, 0.717) is 12.3 Å². The zero-order valence-electron chi connectivity index (χ0n) is 14.2. The number of anilines is 1. The number of aryl methyl sites for hydroxylation is 1. The Bertz CT molecular complexity index is 1010. The second kappa shape index (κ2) is 7.01. The number of carbonyl (C=O) groups is 1. The Kier molecular flexibility index (Phi) is 4.41. The molecular formula is C20H16N4OS. The van der Waals surface area contributed by atoms with Gasteiger partial charge in [-0.15, -0.1) is 16.4 Å². The highest BCUT2D eigenvalue weighted by atomic mass is 32.1. The number of amides is 1. The number of benzene rings is 2. The van der Waals surface area contributed by atoms with Crippen molar-refractivity contribution in [3.05, 3.63) is 81.8 Å². The molecule has 0 spiro atoms. The molecule has 0 atom stereocenters. The van der Waals surface area contributed by atoms with Crippen molar-refractivity contribution < 1.29 is 4.79 Å². The van der Waals surface area contributed by atoms with Crippen molar-refractivity contribution in [2.24, 2.45) is 10.2 Å². The van der Waals surface area contributed by atoms with Gasteiger partial charge in [0.2, 0.25) is 0 Å². The number of hydrogen-bond donors (Lipinski definition) is 0. The molecule has 3 aromatic rings. The molecule has 26 heavy (non-hydrogen) atoms. The third-order valence-corrected chi connectivity index (χ3v) is 4.86. The number of aromatic nitrogens is 1. The van der Waals surface area contributed by atoms with Crippen LogP contribution in [0.4, 0.5) is 5.69 Å². The van der Waals surface area contributed by atoms with Gasteiger partial charge in [-0.3, -0.25) is 4.79 Å². The van der Waals surface area contributed by atoms with Gasteiger partial charge in [-0.1, -0.05) is 48.5 Å². The Balaban J connectivity index is 1.65. The summed E-state index contributed by atoms with van der Waals surface area (Å²) in [4.78, 5) is 19.0.